The third kappa shape index (κ3) is 3.25. The molecule has 0 saturated carbocycles. The van der Waals surface area contributed by atoms with E-state index in [4.69, 9.17) is 0 Å². The summed E-state index contributed by atoms with van der Waals surface area (Å²) in [7, 11) is -3.20. The summed E-state index contributed by atoms with van der Waals surface area (Å²) < 4.78 is 23.7. The van der Waals surface area contributed by atoms with Crippen molar-refractivity contribution >= 4 is 37.1 Å². The van der Waals surface area contributed by atoms with Crippen LogP contribution in [0, 0.1) is 6.92 Å². The largest absolute Gasteiger partial charge is 0.384 e. The van der Waals surface area contributed by atoms with E-state index in [-0.39, 0.29) is 4.90 Å². The van der Waals surface area contributed by atoms with Crippen LogP contribution in [-0.2, 0) is 9.84 Å². The van der Waals surface area contributed by atoms with Crippen LogP contribution in [0.1, 0.15) is 22.1 Å². The zero-order valence-electron chi connectivity index (χ0n) is 10.4. The van der Waals surface area contributed by atoms with Crippen molar-refractivity contribution in [2.45, 2.75) is 17.9 Å². The normalized spacial score (nSPS) is 13.5. The molecule has 0 radical (unpaired) electrons. The standard InChI is InChI=1S/C13H13BrO3S2/c1-8-11(7-12(14)18-8)13(15)9-3-5-10(6-4-9)19(2,16)17/h3-7,13,15H,1-2H3. The van der Waals surface area contributed by atoms with Gasteiger partial charge in [-0.05, 0) is 52.2 Å². The molecule has 0 bridgehead atoms. The first-order valence-electron chi connectivity index (χ1n) is 5.53. The molecule has 1 aromatic carbocycles. The van der Waals surface area contributed by atoms with Gasteiger partial charge >= 0.3 is 0 Å². The van der Waals surface area contributed by atoms with Crippen molar-refractivity contribution in [2.24, 2.45) is 0 Å². The molecule has 0 aliphatic heterocycles. The number of hydrogen-bond acceptors (Lipinski definition) is 4. The fourth-order valence-corrected chi connectivity index (χ4v) is 4.18. The Bertz CT molecular complexity index is 687. The van der Waals surface area contributed by atoms with E-state index in [2.05, 4.69) is 15.9 Å². The average molecular weight is 361 g/mol. The summed E-state index contributed by atoms with van der Waals surface area (Å²) in [4.78, 5) is 1.29. The quantitative estimate of drug-likeness (QED) is 0.913. The number of benzene rings is 1. The van der Waals surface area contributed by atoms with Gasteiger partial charge in [-0.25, -0.2) is 8.42 Å². The Morgan fingerprint density at radius 2 is 1.84 bits per heavy atom. The van der Waals surface area contributed by atoms with Crippen LogP contribution in [0.3, 0.4) is 0 Å². The molecule has 2 aromatic rings. The van der Waals surface area contributed by atoms with Crippen molar-refractivity contribution in [1.29, 1.82) is 0 Å². The van der Waals surface area contributed by atoms with Gasteiger partial charge in [-0.1, -0.05) is 12.1 Å². The third-order valence-corrected chi connectivity index (χ3v) is 5.54. The van der Waals surface area contributed by atoms with Crippen LogP contribution in [0.2, 0.25) is 0 Å². The Hall–Kier alpha value is -0.690. The second-order valence-corrected chi connectivity index (χ2v) is 8.96. The van der Waals surface area contributed by atoms with Crippen LogP contribution < -0.4 is 0 Å². The molecule has 2 rings (SSSR count). The number of aliphatic hydroxyl groups excluding tert-OH is 1. The van der Waals surface area contributed by atoms with Crippen LogP contribution in [0.4, 0.5) is 0 Å². The Morgan fingerprint density at radius 1 is 1.26 bits per heavy atom. The lowest BCUT2D eigenvalue weighted by atomic mass is 10.0. The summed E-state index contributed by atoms with van der Waals surface area (Å²) >= 11 is 4.95. The van der Waals surface area contributed by atoms with E-state index in [0.717, 1.165) is 14.2 Å². The molecule has 3 nitrogen and oxygen atoms in total. The molecule has 0 spiro atoms. The van der Waals surface area contributed by atoms with E-state index in [1.807, 2.05) is 13.0 Å². The first-order chi connectivity index (χ1) is 8.79. The molecule has 1 N–H and O–H groups in total. The lowest BCUT2D eigenvalue weighted by Gasteiger charge is -2.11. The highest BCUT2D eigenvalue weighted by molar-refractivity contribution is 9.11. The van der Waals surface area contributed by atoms with Gasteiger partial charge in [0.15, 0.2) is 9.84 Å². The number of sulfone groups is 1. The maximum atomic E-state index is 11.4. The summed E-state index contributed by atoms with van der Waals surface area (Å²) in [6, 6.07) is 8.21. The zero-order valence-corrected chi connectivity index (χ0v) is 13.6. The van der Waals surface area contributed by atoms with Crippen LogP contribution >= 0.6 is 27.3 Å². The minimum Gasteiger partial charge on any atom is -0.384 e. The molecule has 0 aliphatic carbocycles. The topological polar surface area (TPSA) is 54.4 Å². The summed E-state index contributed by atoms with van der Waals surface area (Å²) in [5.41, 5.74) is 1.52. The van der Waals surface area contributed by atoms with E-state index in [1.54, 1.807) is 23.5 Å². The molecule has 0 amide bonds. The molecule has 0 fully saturated rings. The van der Waals surface area contributed by atoms with Crippen LogP contribution in [-0.4, -0.2) is 19.8 Å². The Balaban J connectivity index is 2.35. The maximum absolute atomic E-state index is 11.4. The summed E-state index contributed by atoms with van der Waals surface area (Å²) in [5, 5.41) is 10.3. The average Bonchev–Trinajstić information content (AvgIpc) is 2.66. The van der Waals surface area contributed by atoms with Gasteiger partial charge in [0.25, 0.3) is 0 Å². The summed E-state index contributed by atoms with van der Waals surface area (Å²) in [6.45, 7) is 1.94. The van der Waals surface area contributed by atoms with Crippen molar-refractivity contribution in [1.82, 2.24) is 0 Å². The van der Waals surface area contributed by atoms with Crippen molar-refractivity contribution < 1.29 is 13.5 Å². The van der Waals surface area contributed by atoms with E-state index < -0.39 is 15.9 Å². The van der Waals surface area contributed by atoms with Gasteiger partial charge in [0.05, 0.1) is 8.68 Å². The maximum Gasteiger partial charge on any atom is 0.175 e. The molecule has 6 heteroatoms. The molecular weight excluding hydrogens is 348 g/mol. The fraction of sp³-hybridized carbons (Fsp3) is 0.231. The molecule has 1 heterocycles. The van der Waals surface area contributed by atoms with E-state index in [9.17, 15) is 13.5 Å². The predicted molar refractivity (Wildman–Crippen MR) is 80.4 cm³/mol. The number of halogens is 1. The van der Waals surface area contributed by atoms with Gasteiger partial charge in [-0.15, -0.1) is 11.3 Å². The second kappa shape index (κ2) is 5.36. The van der Waals surface area contributed by atoms with Gasteiger partial charge < -0.3 is 5.11 Å². The minimum absolute atomic E-state index is 0.256. The second-order valence-electron chi connectivity index (χ2n) is 4.31. The Labute approximate surface area is 125 Å². The van der Waals surface area contributed by atoms with Gasteiger partial charge in [-0.3, -0.25) is 0 Å². The van der Waals surface area contributed by atoms with Crippen molar-refractivity contribution in [2.75, 3.05) is 6.26 Å². The van der Waals surface area contributed by atoms with Crippen LogP contribution in [0.5, 0.6) is 0 Å². The van der Waals surface area contributed by atoms with Crippen LogP contribution in [0.15, 0.2) is 39.0 Å². The molecule has 102 valence electrons. The molecule has 19 heavy (non-hydrogen) atoms. The molecular formula is C13H13BrO3S2. The van der Waals surface area contributed by atoms with E-state index >= 15 is 0 Å². The van der Waals surface area contributed by atoms with Crippen LogP contribution in [0.25, 0.3) is 0 Å². The Morgan fingerprint density at radius 3 is 2.26 bits per heavy atom. The highest BCUT2D eigenvalue weighted by Crippen LogP contribution is 2.33. The number of rotatable bonds is 3. The molecule has 1 atom stereocenters. The SMILES string of the molecule is Cc1sc(Br)cc1C(O)c1ccc(S(C)(=O)=O)cc1. The Kier molecular flexibility index (Phi) is 4.15. The fourth-order valence-electron chi connectivity index (χ4n) is 1.81. The van der Waals surface area contributed by atoms with E-state index in [1.165, 1.54) is 18.4 Å². The lowest BCUT2D eigenvalue weighted by Crippen LogP contribution is -2.01. The monoisotopic (exact) mass is 360 g/mol. The van der Waals surface area contributed by atoms with Gasteiger partial charge in [0.2, 0.25) is 0 Å². The lowest BCUT2D eigenvalue weighted by molar-refractivity contribution is 0.220. The smallest absolute Gasteiger partial charge is 0.175 e. The van der Waals surface area contributed by atoms with Gasteiger partial charge in [-0.2, -0.15) is 0 Å². The number of aliphatic hydroxyl groups is 1. The summed E-state index contributed by atoms with van der Waals surface area (Å²) in [6.07, 6.45) is 0.426. The summed E-state index contributed by atoms with van der Waals surface area (Å²) in [5.74, 6) is 0. The third-order valence-electron chi connectivity index (χ3n) is 2.84. The molecule has 1 aromatic heterocycles. The van der Waals surface area contributed by atoms with Crippen molar-refractivity contribution in [3.63, 3.8) is 0 Å². The van der Waals surface area contributed by atoms with Crippen molar-refractivity contribution in [3.8, 4) is 0 Å². The first kappa shape index (κ1) is 14.7. The predicted octanol–water partition coefficient (Wildman–Crippen LogP) is 3.30. The number of aryl methyl sites for hydroxylation is 1. The minimum atomic E-state index is -3.20. The number of thiophene rings is 1. The van der Waals surface area contributed by atoms with Gasteiger partial charge in [0.1, 0.15) is 6.10 Å². The highest BCUT2D eigenvalue weighted by atomic mass is 79.9. The number of hydrogen-bond donors (Lipinski definition) is 1. The highest BCUT2D eigenvalue weighted by Gasteiger charge is 2.16. The van der Waals surface area contributed by atoms with E-state index in [0.29, 0.717) is 5.56 Å². The molecule has 1 unspecified atom stereocenters. The molecule has 0 saturated heterocycles. The van der Waals surface area contributed by atoms with Gasteiger partial charge in [0, 0.05) is 11.1 Å². The van der Waals surface area contributed by atoms with Crippen molar-refractivity contribution in [3.05, 3.63) is 50.1 Å². The molecule has 0 aliphatic rings. The first-order valence-corrected chi connectivity index (χ1v) is 9.03. The zero-order chi connectivity index (χ0) is 14.2.